The summed E-state index contributed by atoms with van der Waals surface area (Å²) in [6.07, 6.45) is 0. The normalized spacial score (nSPS) is 17.5. The number of amides is 1. The molecular weight excluding hydrogens is 414 g/mol. The van der Waals surface area contributed by atoms with Gasteiger partial charge in [0.25, 0.3) is 11.7 Å². The number of hydrogen-bond acceptors (Lipinski definition) is 7. The molecule has 0 aromatic heterocycles. The summed E-state index contributed by atoms with van der Waals surface area (Å²) >= 11 is 0. The summed E-state index contributed by atoms with van der Waals surface area (Å²) in [7, 11) is 6.09. The largest absolute Gasteiger partial charge is 0.507 e. The van der Waals surface area contributed by atoms with Crippen molar-refractivity contribution in [3.63, 3.8) is 0 Å². The molecule has 0 aliphatic carbocycles. The Balaban J connectivity index is 2.22. The molecule has 0 radical (unpaired) electrons. The Labute approximate surface area is 187 Å². The van der Waals surface area contributed by atoms with Gasteiger partial charge >= 0.3 is 0 Å². The van der Waals surface area contributed by atoms with Gasteiger partial charge < -0.3 is 29.0 Å². The first-order chi connectivity index (χ1) is 15.4. The summed E-state index contributed by atoms with van der Waals surface area (Å²) in [6.45, 7) is 2.22. The van der Waals surface area contributed by atoms with Crippen LogP contribution >= 0.6 is 0 Å². The minimum atomic E-state index is -0.853. The van der Waals surface area contributed by atoms with Crippen LogP contribution in [0.25, 0.3) is 5.76 Å². The van der Waals surface area contributed by atoms with Crippen molar-refractivity contribution in [2.75, 3.05) is 41.6 Å². The quantitative estimate of drug-likeness (QED) is 0.382. The van der Waals surface area contributed by atoms with E-state index in [0.717, 1.165) is 5.56 Å². The molecule has 2 aromatic rings. The maximum atomic E-state index is 13.1. The van der Waals surface area contributed by atoms with Crippen LogP contribution in [0.4, 0.5) is 0 Å². The third kappa shape index (κ3) is 4.13. The van der Waals surface area contributed by atoms with Crippen molar-refractivity contribution in [2.24, 2.45) is 0 Å². The number of aryl methyl sites for hydroxylation is 1. The van der Waals surface area contributed by atoms with E-state index in [2.05, 4.69) is 0 Å². The highest BCUT2D eigenvalue weighted by molar-refractivity contribution is 6.46. The van der Waals surface area contributed by atoms with Crippen molar-refractivity contribution >= 4 is 17.4 Å². The van der Waals surface area contributed by atoms with Crippen LogP contribution in [-0.2, 0) is 14.3 Å². The monoisotopic (exact) mass is 441 g/mol. The maximum absolute atomic E-state index is 13.1. The predicted octanol–water partition coefficient (Wildman–Crippen LogP) is 3.09. The zero-order chi connectivity index (χ0) is 23.4. The van der Waals surface area contributed by atoms with Gasteiger partial charge in [0.2, 0.25) is 0 Å². The van der Waals surface area contributed by atoms with Crippen LogP contribution in [0.5, 0.6) is 17.2 Å². The molecule has 1 aliphatic rings. The van der Waals surface area contributed by atoms with Crippen LogP contribution in [-0.4, -0.2) is 63.3 Å². The van der Waals surface area contributed by atoms with Gasteiger partial charge in [-0.25, -0.2) is 0 Å². The molecule has 0 saturated carbocycles. The average molecular weight is 441 g/mol. The second kappa shape index (κ2) is 9.74. The van der Waals surface area contributed by atoms with Crippen molar-refractivity contribution in [1.29, 1.82) is 0 Å². The van der Waals surface area contributed by atoms with Crippen LogP contribution in [0.3, 0.4) is 0 Å². The summed E-state index contributed by atoms with van der Waals surface area (Å²) in [5.41, 5.74) is 1.73. The third-order valence-corrected chi connectivity index (χ3v) is 5.48. The predicted molar refractivity (Wildman–Crippen MR) is 118 cm³/mol. The number of nitrogens with zero attached hydrogens (tertiary/aromatic N) is 1. The van der Waals surface area contributed by atoms with Crippen LogP contribution in [0.2, 0.25) is 0 Å². The van der Waals surface area contributed by atoms with E-state index in [4.69, 9.17) is 18.9 Å². The number of aliphatic hydroxyl groups excluding tert-OH is 1. The number of Topliss-reactive ketones (excluding diaryl/α,β-unsaturated/α-hetero) is 1. The summed E-state index contributed by atoms with van der Waals surface area (Å²) in [5.74, 6) is -0.111. The Morgan fingerprint density at radius 1 is 0.969 bits per heavy atom. The summed E-state index contributed by atoms with van der Waals surface area (Å²) in [5, 5.41) is 11.2. The Hall–Kier alpha value is -3.52. The molecule has 0 spiro atoms. The van der Waals surface area contributed by atoms with E-state index >= 15 is 0 Å². The van der Waals surface area contributed by atoms with Gasteiger partial charge in [-0.05, 0) is 42.8 Å². The minimum absolute atomic E-state index is 0.0147. The summed E-state index contributed by atoms with van der Waals surface area (Å²) in [6, 6.07) is 9.31. The number of likely N-dealkylation sites (tertiary alicyclic amines) is 1. The standard InChI is InChI=1S/C24H27NO7/c1-14-12-15(6-9-18(14)31-4)22(26)20-21(25(10-11-29-2)24(28)23(20)27)17-8-7-16(30-3)13-19(17)32-5/h6-9,12-13,21,26H,10-11H2,1-5H3/b22-20+. The summed E-state index contributed by atoms with van der Waals surface area (Å²) < 4.78 is 21.2. The molecule has 1 saturated heterocycles. The van der Waals surface area contributed by atoms with E-state index in [9.17, 15) is 14.7 Å². The molecule has 1 atom stereocenters. The van der Waals surface area contributed by atoms with Crippen LogP contribution < -0.4 is 14.2 Å². The van der Waals surface area contributed by atoms with E-state index in [0.29, 0.717) is 28.4 Å². The molecule has 2 aromatic carbocycles. The number of benzene rings is 2. The first kappa shape index (κ1) is 23.1. The van der Waals surface area contributed by atoms with Gasteiger partial charge in [-0.3, -0.25) is 9.59 Å². The van der Waals surface area contributed by atoms with Crippen molar-refractivity contribution in [2.45, 2.75) is 13.0 Å². The van der Waals surface area contributed by atoms with Gasteiger partial charge in [-0.2, -0.15) is 0 Å². The van der Waals surface area contributed by atoms with Crippen LogP contribution in [0.15, 0.2) is 42.0 Å². The lowest BCUT2D eigenvalue weighted by molar-refractivity contribution is -0.140. The van der Waals surface area contributed by atoms with Gasteiger partial charge in [-0.1, -0.05) is 0 Å². The smallest absolute Gasteiger partial charge is 0.295 e. The van der Waals surface area contributed by atoms with E-state index in [1.807, 2.05) is 6.92 Å². The third-order valence-electron chi connectivity index (χ3n) is 5.48. The highest BCUT2D eigenvalue weighted by atomic mass is 16.5. The Bertz CT molecular complexity index is 1060. The molecule has 170 valence electrons. The highest BCUT2D eigenvalue weighted by Crippen LogP contribution is 2.43. The zero-order valence-electron chi connectivity index (χ0n) is 18.8. The van der Waals surface area contributed by atoms with Gasteiger partial charge in [0.15, 0.2) is 0 Å². The lowest BCUT2D eigenvalue weighted by atomic mass is 9.94. The number of ketones is 1. The number of carbonyl (C=O) groups is 2. The first-order valence-electron chi connectivity index (χ1n) is 10.0. The summed E-state index contributed by atoms with van der Waals surface area (Å²) in [4.78, 5) is 27.4. The maximum Gasteiger partial charge on any atom is 0.295 e. The first-order valence-corrected chi connectivity index (χ1v) is 10.0. The molecule has 1 fully saturated rings. The number of ether oxygens (including phenoxy) is 4. The van der Waals surface area contributed by atoms with Crippen molar-refractivity contribution in [3.8, 4) is 17.2 Å². The van der Waals surface area contributed by atoms with E-state index in [1.54, 1.807) is 43.5 Å². The molecule has 1 unspecified atom stereocenters. The fraction of sp³-hybridized carbons (Fsp3) is 0.333. The van der Waals surface area contributed by atoms with E-state index in [1.165, 1.54) is 26.2 Å². The molecule has 32 heavy (non-hydrogen) atoms. The van der Waals surface area contributed by atoms with E-state index in [-0.39, 0.29) is 24.5 Å². The molecule has 3 rings (SSSR count). The van der Waals surface area contributed by atoms with Gasteiger partial charge in [0.1, 0.15) is 23.0 Å². The number of carbonyl (C=O) groups excluding carboxylic acids is 2. The zero-order valence-corrected chi connectivity index (χ0v) is 18.8. The van der Waals surface area contributed by atoms with Gasteiger partial charge in [-0.15, -0.1) is 0 Å². The second-order valence-electron chi connectivity index (χ2n) is 7.28. The lowest BCUT2D eigenvalue weighted by Gasteiger charge is -2.26. The van der Waals surface area contributed by atoms with Crippen molar-refractivity contribution in [1.82, 2.24) is 4.90 Å². The Morgan fingerprint density at radius 3 is 2.28 bits per heavy atom. The number of aliphatic hydroxyl groups is 1. The molecular formula is C24H27NO7. The molecule has 1 aliphatic heterocycles. The highest BCUT2D eigenvalue weighted by Gasteiger charge is 2.47. The lowest BCUT2D eigenvalue weighted by Crippen LogP contribution is -2.32. The molecule has 8 heteroatoms. The average Bonchev–Trinajstić information content (AvgIpc) is 3.06. The number of methoxy groups -OCH3 is 4. The van der Waals surface area contributed by atoms with Crippen molar-refractivity contribution < 1.29 is 33.6 Å². The topological polar surface area (TPSA) is 94.5 Å². The molecule has 1 amide bonds. The fourth-order valence-corrected chi connectivity index (χ4v) is 3.85. The Morgan fingerprint density at radius 2 is 1.69 bits per heavy atom. The SMILES string of the molecule is COCCN1C(=O)C(=O)/C(=C(/O)c2ccc(OC)c(C)c2)C1c1ccc(OC)cc1OC. The molecule has 8 nitrogen and oxygen atoms in total. The minimum Gasteiger partial charge on any atom is -0.507 e. The van der Waals surface area contributed by atoms with E-state index < -0.39 is 17.7 Å². The van der Waals surface area contributed by atoms with Crippen LogP contribution in [0.1, 0.15) is 22.7 Å². The number of rotatable bonds is 8. The molecule has 1 heterocycles. The van der Waals surface area contributed by atoms with Crippen molar-refractivity contribution in [3.05, 3.63) is 58.7 Å². The molecule has 0 bridgehead atoms. The fourth-order valence-electron chi connectivity index (χ4n) is 3.85. The Kier molecular flexibility index (Phi) is 7.05. The number of hydrogen-bond donors (Lipinski definition) is 1. The van der Waals surface area contributed by atoms with Gasteiger partial charge in [0.05, 0.1) is 39.6 Å². The van der Waals surface area contributed by atoms with Gasteiger partial charge in [0, 0.05) is 30.8 Å². The second-order valence-corrected chi connectivity index (χ2v) is 7.28. The van der Waals surface area contributed by atoms with Crippen LogP contribution in [0, 0.1) is 6.92 Å². The molecule has 1 N–H and O–H groups in total.